The summed E-state index contributed by atoms with van der Waals surface area (Å²) in [4.78, 5) is 19.8. The van der Waals surface area contributed by atoms with Crippen LogP contribution in [0.2, 0.25) is 0 Å². The number of amidine groups is 1. The molecule has 0 saturated carbocycles. The molecule has 1 aromatic heterocycles. The lowest BCUT2D eigenvalue weighted by Gasteiger charge is -1.99. The van der Waals surface area contributed by atoms with Gasteiger partial charge in [-0.25, -0.2) is 20.0 Å². The third-order valence-electron chi connectivity index (χ3n) is 1.44. The Labute approximate surface area is 93.6 Å². The van der Waals surface area contributed by atoms with Gasteiger partial charge < -0.3 is 0 Å². The molecule has 6 heteroatoms. The maximum Gasteiger partial charge on any atom is 0.181 e. The van der Waals surface area contributed by atoms with Crippen molar-refractivity contribution in [1.29, 1.82) is 0 Å². The maximum absolute atomic E-state index is 4.09. The predicted octanol–water partition coefficient (Wildman–Crippen LogP) is 1.05. The van der Waals surface area contributed by atoms with E-state index in [-0.39, 0.29) is 0 Å². The minimum absolute atomic E-state index is 0.519. The number of aromatic nitrogens is 2. The smallest absolute Gasteiger partial charge is 0.181 e. The normalized spacial score (nSPS) is 13.9. The van der Waals surface area contributed by atoms with Crippen molar-refractivity contribution in [1.82, 2.24) is 9.97 Å². The molecule has 2 rings (SSSR count). The third-order valence-corrected chi connectivity index (χ3v) is 2.23. The molecule has 0 amide bonds. The predicted molar refractivity (Wildman–Crippen MR) is 61.8 cm³/mol. The highest BCUT2D eigenvalue weighted by atomic mass is 127. The molecular weight excluding hydrogens is 293 g/mol. The molecule has 0 saturated heterocycles. The SMILES string of the molecule is Ic1cncnc1C1=NC=C=NC=N1. The van der Waals surface area contributed by atoms with Crippen molar-refractivity contribution < 1.29 is 0 Å². The summed E-state index contributed by atoms with van der Waals surface area (Å²) in [6.45, 7) is 0. The molecule has 68 valence electrons. The van der Waals surface area contributed by atoms with Crippen LogP contribution in [0.25, 0.3) is 0 Å². The first kappa shape index (κ1) is 9.17. The average molecular weight is 297 g/mol. The molecule has 5 nitrogen and oxygen atoms in total. The number of aliphatic imine (C=N–C) groups is 3. The van der Waals surface area contributed by atoms with Gasteiger partial charge in [-0.15, -0.1) is 0 Å². The number of halogens is 1. The topological polar surface area (TPSA) is 62.9 Å². The van der Waals surface area contributed by atoms with E-state index in [0.29, 0.717) is 11.5 Å². The van der Waals surface area contributed by atoms with Crippen LogP contribution < -0.4 is 0 Å². The summed E-state index contributed by atoms with van der Waals surface area (Å²) in [5.41, 5.74) is 0.701. The Morgan fingerprint density at radius 1 is 1.36 bits per heavy atom. The van der Waals surface area contributed by atoms with Gasteiger partial charge in [-0.3, -0.25) is 0 Å². The summed E-state index contributed by atoms with van der Waals surface area (Å²) in [6.07, 6.45) is 6.02. The quantitative estimate of drug-likeness (QED) is 0.727. The molecule has 0 unspecified atom stereocenters. The van der Waals surface area contributed by atoms with Crippen molar-refractivity contribution in [2.75, 3.05) is 0 Å². The number of hydrogen-bond acceptors (Lipinski definition) is 5. The van der Waals surface area contributed by atoms with E-state index in [1.54, 1.807) is 6.20 Å². The second kappa shape index (κ2) is 4.21. The zero-order valence-electron chi connectivity index (χ0n) is 6.92. The molecule has 0 N–H and O–H groups in total. The van der Waals surface area contributed by atoms with E-state index < -0.39 is 0 Å². The number of nitrogens with zero attached hydrogens (tertiary/aromatic N) is 5. The van der Waals surface area contributed by atoms with Crippen molar-refractivity contribution >= 4 is 40.6 Å². The number of rotatable bonds is 1. The van der Waals surface area contributed by atoms with Crippen LogP contribution in [0.4, 0.5) is 0 Å². The summed E-state index contributed by atoms with van der Waals surface area (Å²) in [7, 11) is 0. The molecule has 0 fully saturated rings. The zero-order valence-corrected chi connectivity index (χ0v) is 9.08. The van der Waals surface area contributed by atoms with E-state index in [1.165, 1.54) is 18.9 Å². The molecule has 2 heterocycles. The van der Waals surface area contributed by atoms with E-state index in [1.807, 2.05) is 0 Å². The first-order valence-corrected chi connectivity index (χ1v) is 4.79. The monoisotopic (exact) mass is 297 g/mol. The van der Waals surface area contributed by atoms with Crippen LogP contribution in [0, 0.1) is 3.57 Å². The van der Waals surface area contributed by atoms with Crippen LogP contribution in [-0.2, 0) is 0 Å². The maximum atomic E-state index is 4.09. The van der Waals surface area contributed by atoms with Crippen molar-refractivity contribution in [2.24, 2.45) is 15.0 Å². The zero-order chi connectivity index (χ0) is 9.80. The van der Waals surface area contributed by atoms with Gasteiger partial charge in [0.25, 0.3) is 0 Å². The standard InChI is InChI=1S/C8H4IN5/c9-6-3-11-5-13-7(6)8-12-2-1-10-4-14-8/h2-5H. The third kappa shape index (κ3) is 1.91. The van der Waals surface area contributed by atoms with Gasteiger partial charge >= 0.3 is 0 Å². The van der Waals surface area contributed by atoms with Gasteiger partial charge in [-0.05, 0) is 22.6 Å². The van der Waals surface area contributed by atoms with Gasteiger partial charge in [0.05, 0.1) is 9.77 Å². The molecular formula is C8H4IN5. The average Bonchev–Trinajstić information content (AvgIpc) is 2.47. The lowest BCUT2D eigenvalue weighted by atomic mass is 10.4. The second-order valence-electron chi connectivity index (χ2n) is 2.30. The van der Waals surface area contributed by atoms with Crippen molar-refractivity contribution in [3.63, 3.8) is 0 Å². The fourth-order valence-corrected chi connectivity index (χ4v) is 1.41. The Bertz CT molecular complexity index is 470. The molecule has 1 aliphatic heterocycles. The van der Waals surface area contributed by atoms with Gasteiger partial charge in [0.1, 0.15) is 18.4 Å². The minimum Gasteiger partial charge on any atom is -0.244 e. The molecule has 14 heavy (non-hydrogen) atoms. The van der Waals surface area contributed by atoms with Crippen molar-refractivity contribution in [3.05, 3.63) is 28.0 Å². The van der Waals surface area contributed by atoms with Crippen molar-refractivity contribution in [2.45, 2.75) is 0 Å². The van der Waals surface area contributed by atoms with Gasteiger partial charge in [-0.2, -0.15) is 4.99 Å². The highest BCUT2D eigenvalue weighted by Gasteiger charge is 2.07. The highest BCUT2D eigenvalue weighted by Crippen LogP contribution is 2.09. The largest absolute Gasteiger partial charge is 0.244 e. The van der Waals surface area contributed by atoms with E-state index >= 15 is 0 Å². The van der Waals surface area contributed by atoms with Crippen LogP contribution in [0.15, 0.2) is 33.7 Å². The lowest BCUT2D eigenvalue weighted by Crippen LogP contribution is -2.03. The minimum atomic E-state index is 0.519. The Kier molecular flexibility index (Phi) is 2.76. The molecule has 1 aromatic rings. The molecule has 0 atom stereocenters. The van der Waals surface area contributed by atoms with Crippen LogP contribution in [0.1, 0.15) is 5.69 Å². The summed E-state index contributed by atoms with van der Waals surface area (Å²) < 4.78 is 0.899. The Balaban J connectivity index is 2.46. The highest BCUT2D eigenvalue weighted by molar-refractivity contribution is 14.1. The fourth-order valence-electron chi connectivity index (χ4n) is 0.873. The molecule has 0 aliphatic carbocycles. The van der Waals surface area contributed by atoms with Gasteiger partial charge in [0.2, 0.25) is 0 Å². The van der Waals surface area contributed by atoms with Crippen molar-refractivity contribution in [3.8, 4) is 0 Å². The van der Waals surface area contributed by atoms with E-state index in [0.717, 1.165) is 3.57 Å². The van der Waals surface area contributed by atoms with E-state index in [2.05, 4.69) is 53.4 Å². The summed E-state index contributed by atoms with van der Waals surface area (Å²) in [5, 5.41) is 0. The second-order valence-corrected chi connectivity index (χ2v) is 3.47. The Hall–Kier alpha value is -1.40. The van der Waals surface area contributed by atoms with Gasteiger partial charge in [0.15, 0.2) is 5.84 Å². The van der Waals surface area contributed by atoms with Crippen LogP contribution >= 0.6 is 22.6 Å². The lowest BCUT2D eigenvalue weighted by molar-refractivity contribution is 1.12. The molecule has 0 spiro atoms. The molecule has 1 aliphatic rings. The molecule has 0 radical (unpaired) electrons. The molecule has 0 aromatic carbocycles. The Morgan fingerprint density at radius 2 is 2.29 bits per heavy atom. The van der Waals surface area contributed by atoms with Crippen LogP contribution in [0.3, 0.4) is 0 Å². The van der Waals surface area contributed by atoms with Crippen LogP contribution in [0.5, 0.6) is 0 Å². The first-order chi connectivity index (χ1) is 6.88. The van der Waals surface area contributed by atoms with Gasteiger partial charge in [0, 0.05) is 12.1 Å². The first-order valence-electron chi connectivity index (χ1n) is 3.71. The summed E-state index contributed by atoms with van der Waals surface area (Å²) >= 11 is 2.13. The van der Waals surface area contributed by atoms with Crippen LogP contribution in [-0.4, -0.2) is 28.0 Å². The van der Waals surface area contributed by atoms with E-state index in [4.69, 9.17) is 0 Å². The van der Waals surface area contributed by atoms with E-state index in [9.17, 15) is 0 Å². The summed E-state index contributed by atoms with van der Waals surface area (Å²) in [5.74, 6) is 3.10. The number of hydrogen-bond donors (Lipinski definition) is 0. The molecule has 0 bridgehead atoms. The fraction of sp³-hybridized carbons (Fsp3) is 0. The summed E-state index contributed by atoms with van der Waals surface area (Å²) in [6, 6.07) is 0. The van der Waals surface area contributed by atoms with Gasteiger partial charge in [-0.1, -0.05) is 0 Å². The Morgan fingerprint density at radius 3 is 3.14 bits per heavy atom.